The lowest BCUT2D eigenvalue weighted by Gasteiger charge is -2.22. The van der Waals surface area contributed by atoms with Gasteiger partial charge in [0, 0.05) is 26.6 Å². The van der Waals surface area contributed by atoms with Crippen molar-refractivity contribution < 1.29 is 14.3 Å². The van der Waals surface area contributed by atoms with E-state index in [1.54, 1.807) is 42.2 Å². The van der Waals surface area contributed by atoms with Crippen molar-refractivity contribution in [1.82, 2.24) is 4.90 Å². The van der Waals surface area contributed by atoms with Crippen molar-refractivity contribution in [2.24, 2.45) is 5.92 Å². The lowest BCUT2D eigenvalue weighted by atomic mass is 10.1. The van der Waals surface area contributed by atoms with Gasteiger partial charge in [0.2, 0.25) is 11.8 Å². The molecule has 7 heteroatoms. The molecule has 0 bridgehead atoms. The van der Waals surface area contributed by atoms with E-state index in [-0.39, 0.29) is 18.2 Å². The van der Waals surface area contributed by atoms with E-state index in [0.29, 0.717) is 34.6 Å². The minimum atomic E-state index is -0.393. The monoisotopic (exact) mass is 406 g/mol. The number of benzene rings is 2. The van der Waals surface area contributed by atoms with Gasteiger partial charge in [-0.25, -0.2) is 0 Å². The third-order valence-corrected chi connectivity index (χ3v) is 5.37. The van der Waals surface area contributed by atoms with Gasteiger partial charge >= 0.3 is 0 Å². The molecule has 0 saturated carbocycles. The maximum Gasteiger partial charge on any atom is 0.228 e. The highest BCUT2D eigenvalue weighted by atomic mass is 35.5. The first-order chi connectivity index (χ1) is 12.9. The molecule has 0 spiro atoms. The Morgan fingerprint density at radius 1 is 1.22 bits per heavy atom. The van der Waals surface area contributed by atoms with Crippen LogP contribution in [-0.4, -0.2) is 37.4 Å². The number of hydrogen-bond acceptors (Lipinski definition) is 3. The summed E-state index contributed by atoms with van der Waals surface area (Å²) in [6.45, 7) is 0.735. The number of nitrogens with zero attached hydrogens (tertiary/aromatic N) is 2. The molecule has 0 aliphatic carbocycles. The van der Waals surface area contributed by atoms with Gasteiger partial charge in [-0.05, 0) is 29.8 Å². The molecular weight excluding hydrogens is 387 g/mol. The molecule has 1 fully saturated rings. The Bertz CT molecular complexity index is 872. The number of amides is 2. The molecule has 3 rings (SSSR count). The standard InChI is InChI=1S/C20H20Cl2N2O3/c1-23(11-13-7-8-15(21)16(22)9-13)20(26)14-10-19(25)24(12-14)17-5-3-4-6-18(17)27-2/h3-9,14H,10-12H2,1-2H3. The SMILES string of the molecule is COc1ccccc1N1CC(C(=O)N(C)Cc2ccc(Cl)c(Cl)c2)CC1=O. The van der Waals surface area contributed by atoms with Gasteiger partial charge in [-0.15, -0.1) is 0 Å². The molecule has 2 amide bonds. The molecule has 1 atom stereocenters. The molecule has 0 N–H and O–H groups in total. The van der Waals surface area contributed by atoms with Gasteiger partial charge in [-0.1, -0.05) is 41.4 Å². The molecule has 0 radical (unpaired) electrons. The van der Waals surface area contributed by atoms with Gasteiger partial charge in [-0.3, -0.25) is 9.59 Å². The van der Waals surface area contributed by atoms with Crippen LogP contribution in [0.25, 0.3) is 0 Å². The molecule has 1 unspecified atom stereocenters. The van der Waals surface area contributed by atoms with Gasteiger partial charge in [0.15, 0.2) is 0 Å². The van der Waals surface area contributed by atoms with Crippen LogP contribution in [0.3, 0.4) is 0 Å². The lowest BCUT2D eigenvalue weighted by Crippen LogP contribution is -2.34. The molecular formula is C20H20Cl2N2O3. The van der Waals surface area contributed by atoms with Crippen LogP contribution >= 0.6 is 23.2 Å². The summed E-state index contributed by atoms with van der Waals surface area (Å²) in [6.07, 6.45) is 0.183. The van der Waals surface area contributed by atoms with E-state index in [1.807, 2.05) is 24.3 Å². The predicted molar refractivity (Wildman–Crippen MR) is 106 cm³/mol. The summed E-state index contributed by atoms with van der Waals surface area (Å²) < 4.78 is 5.34. The molecule has 1 heterocycles. The first-order valence-electron chi connectivity index (χ1n) is 8.53. The maximum atomic E-state index is 12.8. The molecule has 0 aromatic heterocycles. The molecule has 27 heavy (non-hydrogen) atoms. The highest BCUT2D eigenvalue weighted by Gasteiger charge is 2.37. The van der Waals surface area contributed by atoms with Crippen molar-refractivity contribution in [2.75, 3.05) is 25.6 Å². The van der Waals surface area contributed by atoms with Gasteiger partial charge in [-0.2, -0.15) is 0 Å². The summed E-state index contributed by atoms with van der Waals surface area (Å²) in [7, 11) is 3.29. The molecule has 142 valence electrons. The summed E-state index contributed by atoms with van der Waals surface area (Å²) in [4.78, 5) is 28.6. The van der Waals surface area contributed by atoms with Crippen molar-refractivity contribution >= 4 is 40.7 Å². The number of hydrogen-bond donors (Lipinski definition) is 0. The van der Waals surface area contributed by atoms with E-state index in [0.717, 1.165) is 5.56 Å². The molecule has 1 aliphatic heterocycles. The fraction of sp³-hybridized carbons (Fsp3) is 0.300. The van der Waals surface area contributed by atoms with Crippen molar-refractivity contribution in [2.45, 2.75) is 13.0 Å². The zero-order valence-electron chi connectivity index (χ0n) is 15.1. The largest absolute Gasteiger partial charge is 0.495 e. The summed E-state index contributed by atoms with van der Waals surface area (Å²) >= 11 is 12.0. The second-order valence-corrected chi connectivity index (χ2v) is 7.33. The van der Waals surface area contributed by atoms with Crippen LogP contribution < -0.4 is 9.64 Å². The van der Waals surface area contributed by atoms with Crippen LogP contribution in [-0.2, 0) is 16.1 Å². The number of carbonyl (C=O) groups excluding carboxylic acids is 2. The molecule has 1 saturated heterocycles. The van der Waals surface area contributed by atoms with Gasteiger partial charge in [0.05, 0.1) is 28.8 Å². The third kappa shape index (κ3) is 4.20. The highest BCUT2D eigenvalue weighted by molar-refractivity contribution is 6.42. The molecule has 1 aliphatic rings. The molecule has 2 aromatic rings. The van der Waals surface area contributed by atoms with Gasteiger partial charge < -0.3 is 14.5 Å². The summed E-state index contributed by atoms with van der Waals surface area (Å²) in [5.41, 5.74) is 1.57. The zero-order chi connectivity index (χ0) is 19.6. The first kappa shape index (κ1) is 19.5. The number of ether oxygens (including phenoxy) is 1. The van der Waals surface area contributed by atoms with E-state index in [4.69, 9.17) is 27.9 Å². The number of rotatable bonds is 5. The average Bonchev–Trinajstić information content (AvgIpc) is 3.05. The molecule has 2 aromatic carbocycles. The summed E-state index contributed by atoms with van der Waals surface area (Å²) in [5, 5.41) is 0.927. The fourth-order valence-corrected chi connectivity index (χ4v) is 3.58. The number of para-hydroxylation sites is 2. The topological polar surface area (TPSA) is 49.9 Å². The van der Waals surface area contributed by atoms with E-state index in [9.17, 15) is 9.59 Å². The summed E-state index contributed by atoms with van der Waals surface area (Å²) in [5.74, 6) is 0.0610. The summed E-state index contributed by atoms with van der Waals surface area (Å²) in [6, 6.07) is 12.6. The van der Waals surface area contributed by atoms with Gasteiger partial charge in [0.25, 0.3) is 0 Å². The average molecular weight is 407 g/mol. The Balaban J connectivity index is 1.70. The lowest BCUT2D eigenvalue weighted by molar-refractivity contribution is -0.135. The zero-order valence-corrected chi connectivity index (χ0v) is 16.6. The fourth-order valence-electron chi connectivity index (χ4n) is 3.26. The van der Waals surface area contributed by atoms with Crippen LogP contribution in [0.4, 0.5) is 5.69 Å². The predicted octanol–water partition coefficient (Wildman–Crippen LogP) is 4.01. The third-order valence-electron chi connectivity index (χ3n) is 4.63. The minimum absolute atomic E-state index is 0.0770. The highest BCUT2D eigenvalue weighted by Crippen LogP contribution is 2.33. The Morgan fingerprint density at radius 3 is 2.67 bits per heavy atom. The van der Waals surface area contributed by atoms with E-state index < -0.39 is 5.92 Å². The van der Waals surface area contributed by atoms with Crippen LogP contribution in [0.1, 0.15) is 12.0 Å². The van der Waals surface area contributed by atoms with E-state index in [2.05, 4.69) is 0 Å². The normalized spacial score (nSPS) is 16.5. The van der Waals surface area contributed by atoms with Crippen molar-refractivity contribution in [3.05, 3.63) is 58.1 Å². The van der Waals surface area contributed by atoms with E-state index in [1.165, 1.54) is 0 Å². The second kappa shape index (κ2) is 8.19. The van der Waals surface area contributed by atoms with Crippen molar-refractivity contribution in [3.63, 3.8) is 0 Å². The second-order valence-electron chi connectivity index (χ2n) is 6.52. The minimum Gasteiger partial charge on any atom is -0.495 e. The number of anilines is 1. The first-order valence-corrected chi connectivity index (χ1v) is 9.28. The Labute approximate surface area is 168 Å². The van der Waals surface area contributed by atoms with Crippen LogP contribution in [0, 0.1) is 5.92 Å². The quantitative estimate of drug-likeness (QED) is 0.753. The van der Waals surface area contributed by atoms with Crippen LogP contribution in [0.15, 0.2) is 42.5 Å². The Morgan fingerprint density at radius 2 is 1.96 bits per heavy atom. The Kier molecular flexibility index (Phi) is 5.92. The van der Waals surface area contributed by atoms with Crippen LogP contribution in [0.2, 0.25) is 10.0 Å². The van der Waals surface area contributed by atoms with Crippen molar-refractivity contribution in [3.8, 4) is 5.75 Å². The maximum absolute atomic E-state index is 12.8. The van der Waals surface area contributed by atoms with E-state index >= 15 is 0 Å². The van der Waals surface area contributed by atoms with Crippen LogP contribution in [0.5, 0.6) is 5.75 Å². The number of halogens is 2. The van der Waals surface area contributed by atoms with Gasteiger partial charge in [0.1, 0.15) is 5.75 Å². The Hall–Kier alpha value is -2.24. The molecule has 5 nitrogen and oxygen atoms in total. The smallest absolute Gasteiger partial charge is 0.228 e. The van der Waals surface area contributed by atoms with Crippen molar-refractivity contribution in [1.29, 1.82) is 0 Å². The number of methoxy groups -OCH3 is 1. The number of carbonyl (C=O) groups is 2.